The Balaban J connectivity index is 1.94. The smallest absolute Gasteiger partial charge is 0.00172 e. The van der Waals surface area contributed by atoms with Gasteiger partial charge in [-0.2, -0.15) is 0 Å². The van der Waals surface area contributed by atoms with Gasteiger partial charge < -0.3 is 5.32 Å². The molecule has 0 amide bonds. The molecule has 0 spiro atoms. The summed E-state index contributed by atoms with van der Waals surface area (Å²) in [4.78, 5) is 0. The van der Waals surface area contributed by atoms with Crippen molar-refractivity contribution in [3.8, 4) is 0 Å². The van der Waals surface area contributed by atoms with Gasteiger partial charge in [0.05, 0.1) is 0 Å². The number of nitrogens with one attached hydrogen (secondary N) is 1. The Hall–Kier alpha value is -0.0400. The van der Waals surface area contributed by atoms with E-state index in [9.17, 15) is 0 Å². The molecule has 1 aliphatic heterocycles. The highest BCUT2D eigenvalue weighted by molar-refractivity contribution is 4.91. The molecule has 1 aliphatic carbocycles. The van der Waals surface area contributed by atoms with Gasteiger partial charge in [0.25, 0.3) is 0 Å². The molecule has 0 aromatic rings. The SMILES string of the molecule is CC(C)C1CC2CNC[C@H]2C1. The van der Waals surface area contributed by atoms with Crippen molar-refractivity contribution in [2.24, 2.45) is 23.7 Å². The molecule has 1 heterocycles. The largest absolute Gasteiger partial charge is 0.316 e. The van der Waals surface area contributed by atoms with Crippen LogP contribution in [0.3, 0.4) is 0 Å². The standard InChI is InChI=1S/C10H19N/c1-7(2)8-3-9-5-11-6-10(9)4-8/h7-11H,3-6H2,1-2H3/t8?,9-,10?/m1/s1. The average molecular weight is 153 g/mol. The summed E-state index contributed by atoms with van der Waals surface area (Å²) in [7, 11) is 0. The molecule has 2 aliphatic rings. The van der Waals surface area contributed by atoms with Crippen molar-refractivity contribution in [3.05, 3.63) is 0 Å². The van der Waals surface area contributed by atoms with Crippen LogP contribution in [-0.4, -0.2) is 13.1 Å². The number of hydrogen-bond acceptors (Lipinski definition) is 1. The van der Waals surface area contributed by atoms with E-state index in [0.717, 1.165) is 23.7 Å². The minimum atomic E-state index is 0.917. The van der Waals surface area contributed by atoms with E-state index in [1.54, 1.807) is 0 Å². The second-order valence-corrected chi connectivity index (χ2v) is 4.65. The lowest BCUT2D eigenvalue weighted by molar-refractivity contribution is 0.369. The highest BCUT2D eigenvalue weighted by Gasteiger charge is 2.37. The first-order valence-electron chi connectivity index (χ1n) is 4.98. The molecule has 2 fully saturated rings. The average Bonchev–Trinajstić information content (AvgIpc) is 2.40. The number of rotatable bonds is 1. The lowest BCUT2D eigenvalue weighted by Crippen LogP contribution is -2.14. The van der Waals surface area contributed by atoms with E-state index in [1.165, 1.54) is 25.9 Å². The van der Waals surface area contributed by atoms with Gasteiger partial charge in [-0.1, -0.05) is 13.8 Å². The van der Waals surface area contributed by atoms with Crippen molar-refractivity contribution in [1.82, 2.24) is 5.32 Å². The van der Waals surface area contributed by atoms with Crippen molar-refractivity contribution in [1.29, 1.82) is 0 Å². The van der Waals surface area contributed by atoms with Crippen LogP contribution in [0.5, 0.6) is 0 Å². The zero-order valence-electron chi connectivity index (χ0n) is 7.64. The molecular weight excluding hydrogens is 134 g/mol. The molecular formula is C10H19N. The van der Waals surface area contributed by atoms with E-state index in [2.05, 4.69) is 19.2 Å². The minimum Gasteiger partial charge on any atom is -0.316 e. The van der Waals surface area contributed by atoms with E-state index in [-0.39, 0.29) is 0 Å². The zero-order valence-corrected chi connectivity index (χ0v) is 7.64. The minimum absolute atomic E-state index is 0.917. The molecule has 1 heteroatoms. The first-order chi connectivity index (χ1) is 5.27. The fourth-order valence-electron chi connectivity index (χ4n) is 2.76. The van der Waals surface area contributed by atoms with Gasteiger partial charge in [-0.15, -0.1) is 0 Å². The summed E-state index contributed by atoms with van der Waals surface area (Å²) in [5.74, 6) is 4.01. The van der Waals surface area contributed by atoms with E-state index in [0.29, 0.717) is 0 Å². The molecule has 0 aromatic carbocycles. The maximum absolute atomic E-state index is 3.48. The van der Waals surface area contributed by atoms with Crippen LogP contribution < -0.4 is 5.32 Å². The van der Waals surface area contributed by atoms with Crippen LogP contribution in [0, 0.1) is 23.7 Å². The summed E-state index contributed by atoms with van der Waals surface area (Å²) in [5, 5.41) is 3.48. The lowest BCUT2D eigenvalue weighted by Gasteiger charge is -2.14. The van der Waals surface area contributed by atoms with Gasteiger partial charge in [0.1, 0.15) is 0 Å². The Kier molecular flexibility index (Phi) is 1.92. The Morgan fingerprint density at radius 3 is 2.09 bits per heavy atom. The van der Waals surface area contributed by atoms with Crippen molar-refractivity contribution in [3.63, 3.8) is 0 Å². The number of hydrogen-bond donors (Lipinski definition) is 1. The van der Waals surface area contributed by atoms with Gasteiger partial charge in [-0.25, -0.2) is 0 Å². The quantitative estimate of drug-likeness (QED) is 0.606. The van der Waals surface area contributed by atoms with Crippen LogP contribution >= 0.6 is 0 Å². The Labute approximate surface area is 69.6 Å². The van der Waals surface area contributed by atoms with E-state index in [1.807, 2.05) is 0 Å². The number of fused-ring (bicyclic) bond motifs is 1. The lowest BCUT2D eigenvalue weighted by atomic mass is 9.93. The highest BCUT2D eigenvalue weighted by atomic mass is 14.9. The molecule has 64 valence electrons. The second-order valence-electron chi connectivity index (χ2n) is 4.65. The fraction of sp³-hybridized carbons (Fsp3) is 1.00. The predicted molar refractivity (Wildman–Crippen MR) is 47.4 cm³/mol. The molecule has 0 bridgehead atoms. The van der Waals surface area contributed by atoms with Crippen LogP contribution in [0.1, 0.15) is 26.7 Å². The highest BCUT2D eigenvalue weighted by Crippen LogP contribution is 2.41. The second kappa shape index (κ2) is 2.78. The fourth-order valence-corrected chi connectivity index (χ4v) is 2.76. The molecule has 1 saturated heterocycles. The maximum atomic E-state index is 3.48. The van der Waals surface area contributed by atoms with Gasteiger partial charge >= 0.3 is 0 Å². The maximum Gasteiger partial charge on any atom is -0.00172 e. The first kappa shape index (κ1) is 7.60. The Morgan fingerprint density at radius 2 is 1.64 bits per heavy atom. The summed E-state index contributed by atoms with van der Waals surface area (Å²) in [5.41, 5.74) is 0. The van der Waals surface area contributed by atoms with Crippen LogP contribution in [0.2, 0.25) is 0 Å². The van der Waals surface area contributed by atoms with Gasteiger partial charge in [0, 0.05) is 0 Å². The van der Waals surface area contributed by atoms with E-state index in [4.69, 9.17) is 0 Å². The Bertz CT molecular complexity index is 130. The van der Waals surface area contributed by atoms with E-state index < -0.39 is 0 Å². The van der Waals surface area contributed by atoms with E-state index >= 15 is 0 Å². The predicted octanol–water partition coefficient (Wildman–Crippen LogP) is 1.89. The summed E-state index contributed by atoms with van der Waals surface area (Å²) in [6.07, 6.45) is 2.99. The van der Waals surface area contributed by atoms with Gasteiger partial charge in [0.15, 0.2) is 0 Å². The van der Waals surface area contributed by atoms with Crippen LogP contribution in [-0.2, 0) is 0 Å². The molecule has 1 nitrogen and oxygen atoms in total. The van der Waals surface area contributed by atoms with Crippen molar-refractivity contribution >= 4 is 0 Å². The molecule has 1 saturated carbocycles. The summed E-state index contributed by atoms with van der Waals surface area (Å²) < 4.78 is 0. The third kappa shape index (κ3) is 1.31. The third-order valence-electron chi connectivity index (χ3n) is 3.63. The Morgan fingerprint density at radius 1 is 1.09 bits per heavy atom. The molecule has 3 atom stereocenters. The molecule has 1 N–H and O–H groups in total. The molecule has 2 unspecified atom stereocenters. The third-order valence-corrected chi connectivity index (χ3v) is 3.63. The summed E-state index contributed by atoms with van der Waals surface area (Å²) in [6, 6.07) is 0. The topological polar surface area (TPSA) is 12.0 Å². The van der Waals surface area contributed by atoms with Gasteiger partial charge in [0.2, 0.25) is 0 Å². The van der Waals surface area contributed by atoms with Crippen LogP contribution in [0.4, 0.5) is 0 Å². The van der Waals surface area contributed by atoms with Gasteiger partial charge in [-0.05, 0) is 49.6 Å². The zero-order chi connectivity index (χ0) is 7.84. The van der Waals surface area contributed by atoms with Crippen molar-refractivity contribution < 1.29 is 0 Å². The van der Waals surface area contributed by atoms with Gasteiger partial charge in [-0.3, -0.25) is 0 Å². The molecule has 0 aromatic heterocycles. The summed E-state index contributed by atoms with van der Waals surface area (Å²) >= 11 is 0. The summed E-state index contributed by atoms with van der Waals surface area (Å²) in [6.45, 7) is 7.35. The van der Waals surface area contributed by atoms with Crippen LogP contribution in [0.15, 0.2) is 0 Å². The normalized spacial score (nSPS) is 43.4. The first-order valence-corrected chi connectivity index (χ1v) is 4.98. The monoisotopic (exact) mass is 153 g/mol. The van der Waals surface area contributed by atoms with Crippen LogP contribution in [0.25, 0.3) is 0 Å². The van der Waals surface area contributed by atoms with Crippen molar-refractivity contribution in [2.45, 2.75) is 26.7 Å². The molecule has 11 heavy (non-hydrogen) atoms. The molecule has 0 radical (unpaired) electrons. The molecule has 2 rings (SSSR count). The van der Waals surface area contributed by atoms with Crippen molar-refractivity contribution in [2.75, 3.05) is 13.1 Å².